The normalized spacial score (nSPS) is 11.6. The van der Waals surface area contributed by atoms with Crippen molar-refractivity contribution in [3.05, 3.63) is 57.2 Å². The van der Waals surface area contributed by atoms with Gasteiger partial charge < -0.3 is 5.32 Å². The molecular weight excluding hydrogens is 451 g/mol. The Morgan fingerprint density at radius 1 is 1.12 bits per heavy atom. The van der Waals surface area contributed by atoms with E-state index in [0.29, 0.717) is 11.3 Å². The van der Waals surface area contributed by atoms with Crippen LogP contribution < -0.4 is 5.32 Å². The topological polar surface area (TPSA) is 66.5 Å². The van der Waals surface area contributed by atoms with Gasteiger partial charge in [0.25, 0.3) is 0 Å². The number of carbonyl (C=O) groups is 1. The van der Waals surface area contributed by atoms with Gasteiger partial charge in [-0.25, -0.2) is 8.42 Å². The smallest absolute Gasteiger partial charge is 0.243 e. The SMILES string of the molecule is CCN(CC(=O)Nc1ccc(I)cc1)S(=O)(=O)c1cc(C)ccc1C. The van der Waals surface area contributed by atoms with E-state index in [1.807, 2.05) is 25.1 Å². The van der Waals surface area contributed by atoms with E-state index in [9.17, 15) is 13.2 Å². The first-order valence-corrected chi connectivity index (χ1v) is 10.4. The molecule has 0 bridgehead atoms. The van der Waals surface area contributed by atoms with Crippen molar-refractivity contribution in [1.29, 1.82) is 0 Å². The molecule has 0 fully saturated rings. The maximum atomic E-state index is 12.9. The molecule has 25 heavy (non-hydrogen) atoms. The molecule has 0 aliphatic rings. The molecule has 0 radical (unpaired) electrons. The summed E-state index contributed by atoms with van der Waals surface area (Å²) in [5.74, 6) is -0.364. The van der Waals surface area contributed by atoms with Gasteiger partial charge in [-0.05, 0) is 77.9 Å². The van der Waals surface area contributed by atoms with Crippen molar-refractivity contribution in [3.8, 4) is 0 Å². The summed E-state index contributed by atoms with van der Waals surface area (Å²) >= 11 is 2.18. The second-order valence-corrected chi connectivity index (χ2v) is 8.91. The molecule has 1 N–H and O–H groups in total. The van der Waals surface area contributed by atoms with Crippen LogP contribution in [-0.4, -0.2) is 31.7 Å². The number of hydrogen-bond donors (Lipinski definition) is 1. The Labute approximate surface area is 162 Å². The van der Waals surface area contributed by atoms with Gasteiger partial charge in [0.2, 0.25) is 15.9 Å². The van der Waals surface area contributed by atoms with E-state index in [1.54, 1.807) is 38.1 Å². The Bertz CT molecular complexity index is 864. The lowest BCUT2D eigenvalue weighted by Gasteiger charge is -2.21. The maximum absolute atomic E-state index is 12.9. The van der Waals surface area contributed by atoms with Crippen LogP contribution in [0.2, 0.25) is 0 Å². The quantitative estimate of drug-likeness (QED) is 0.654. The van der Waals surface area contributed by atoms with Crippen molar-refractivity contribution in [2.75, 3.05) is 18.4 Å². The Hall–Kier alpha value is -1.45. The lowest BCUT2D eigenvalue weighted by atomic mass is 10.2. The Morgan fingerprint density at radius 2 is 1.76 bits per heavy atom. The molecule has 0 heterocycles. The molecule has 0 aromatic heterocycles. The van der Waals surface area contributed by atoms with E-state index in [0.717, 1.165) is 9.13 Å². The third-order valence-electron chi connectivity index (χ3n) is 3.76. The number of likely N-dealkylation sites (N-methyl/N-ethyl adjacent to an activating group) is 1. The van der Waals surface area contributed by atoms with Crippen LogP contribution in [0.15, 0.2) is 47.4 Å². The zero-order chi connectivity index (χ0) is 18.6. The second kappa shape index (κ2) is 8.29. The van der Waals surface area contributed by atoms with Gasteiger partial charge in [0.05, 0.1) is 11.4 Å². The van der Waals surface area contributed by atoms with E-state index in [2.05, 4.69) is 27.9 Å². The first kappa shape index (κ1) is 19.9. The fourth-order valence-electron chi connectivity index (χ4n) is 2.38. The highest BCUT2D eigenvalue weighted by atomic mass is 127. The molecule has 0 atom stereocenters. The molecule has 0 saturated carbocycles. The molecular formula is C18H21IN2O3S. The highest BCUT2D eigenvalue weighted by Crippen LogP contribution is 2.21. The minimum Gasteiger partial charge on any atom is -0.325 e. The van der Waals surface area contributed by atoms with Crippen LogP contribution >= 0.6 is 22.6 Å². The summed E-state index contributed by atoms with van der Waals surface area (Å²) in [5, 5.41) is 2.74. The van der Waals surface area contributed by atoms with Crippen LogP contribution in [0, 0.1) is 17.4 Å². The Balaban J connectivity index is 2.19. The van der Waals surface area contributed by atoms with Gasteiger partial charge in [0.1, 0.15) is 0 Å². The summed E-state index contributed by atoms with van der Waals surface area (Å²) in [5.41, 5.74) is 2.18. The number of amides is 1. The van der Waals surface area contributed by atoms with Crippen LogP contribution in [0.4, 0.5) is 5.69 Å². The van der Waals surface area contributed by atoms with E-state index in [4.69, 9.17) is 0 Å². The maximum Gasteiger partial charge on any atom is 0.243 e. The number of aryl methyl sites for hydroxylation is 2. The van der Waals surface area contributed by atoms with Crippen molar-refractivity contribution in [2.24, 2.45) is 0 Å². The predicted molar refractivity (Wildman–Crippen MR) is 108 cm³/mol. The van der Waals surface area contributed by atoms with Gasteiger partial charge in [0.15, 0.2) is 0 Å². The highest BCUT2D eigenvalue weighted by Gasteiger charge is 2.26. The summed E-state index contributed by atoms with van der Waals surface area (Å²) in [6.45, 7) is 5.32. The van der Waals surface area contributed by atoms with E-state index in [1.165, 1.54) is 4.31 Å². The van der Waals surface area contributed by atoms with Gasteiger partial charge in [-0.2, -0.15) is 4.31 Å². The number of nitrogens with one attached hydrogen (secondary N) is 1. The number of nitrogens with zero attached hydrogens (tertiary/aromatic N) is 1. The summed E-state index contributed by atoms with van der Waals surface area (Å²) in [4.78, 5) is 12.5. The van der Waals surface area contributed by atoms with Crippen molar-refractivity contribution >= 4 is 44.2 Å². The molecule has 134 valence electrons. The van der Waals surface area contributed by atoms with Crippen molar-refractivity contribution < 1.29 is 13.2 Å². The number of hydrogen-bond acceptors (Lipinski definition) is 3. The van der Waals surface area contributed by atoms with E-state index < -0.39 is 10.0 Å². The lowest BCUT2D eigenvalue weighted by Crippen LogP contribution is -2.38. The van der Waals surface area contributed by atoms with Gasteiger partial charge in [-0.1, -0.05) is 19.1 Å². The van der Waals surface area contributed by atoms with Crippen molar-refractivity contribution in [2.45, 2.75) is 25.7 Å². The third-order valence-corrected chi connectivity index (χ3v) is 6.54. The van der Waals surface area contributed by atoms with Gasteiger partial charge in [0, 0.05) is 15.8 Å². The summed E-state index contributed by atoms with van der Waals surface area (Å²) < 4.78 is 28.1. The third kappa shape index (κ3) is 5.02. The van der Waals surface area contributed by atoms with Crippen LogP contribution in [-0.2, 0) is 14.8 Å². The molecule has 0 unspecified atom stereocenters. The van der Waals surface area contributed by atoms with Crippen LogP contribution in [0.3, 0.4) is 0 Å². The van der Waals surface area contributed by atoms with Crippen LogP contribution in [0.5, 0.6) is 0 Å². The minimum absolute atomic E-state index is 0.218. The summed E-state index contributed by atoms with van der Waals surface area (Å²) in [6, 6.07) is 12.6. The molecule has 2 rings (SSSR count). The fourth-order valence-corrected chi connectivity index (χ4v) is 4.46. The van der Waals surface area contributed by atoms with E-state index >= 15 is 0 Å². The number of rotatable bonds is 6. The van der Waals surface area contributed by atoms with Crippen molar-refractivity contribution in [1.82, 2.24) is 4.31 Å². The first-order valence-electron chi connectivity index (χ1n) is 7.87. The zero-order valence-electron chi connectivity index (χ0n) is 14.4. The fraction of sp³-hybridized carbons (Fsp3) is 0.278. The lowest BCUT2D eigenvalue weighted by molar-refractivity contribution is -0.116. The summed E-state index contributed by atoms with van der Waals surface area (Å²) in [6.07, 6.45) is 0. The number of halogens is 1. The number of carbonyl (C=O) groups excluding carboxylic acids is 1. The van der Waals surface area contributed by atoms with Gasteiger partial charge in [-0.15, -0.1) is 0 Å². The first-order chi connectivity index (χ1) is 11.7. The average molecular weight is 472 g/mol. The molecule has 0 aliphatic carbocycles. The van der Waals surface area contributed by atoms with E-state index in [-0.39, 0.29) is 23.9 Å². The molecule has 2 aromatic carbocycles. The zero-order valence-corrected chi connectivity index (χ0v) is 17.4. The minimum atomic E-state index is -3.73. The standard InChI is InChI=1S/C18H21IN2O3S/c1-4-21(12-18(22)20-16-9-7-15(19)8-10-16)25(23,24)17-11-13(2)5-6-14(17)3/h5-11H,4,12H2,1-3H3,(H,20,22). The Morgan fingerprint density at radius 3 is 2.36 bits per heavy atom. The van der Waals surface area contributed by atoms with Gasteiger partial charge >= 0.3 is 0 Å². The monoisotopic (exact) mass is 472 g/mol. The van der Waals surface area contributed by atoms with Crippen molar-refractivity contribution in [3.63, 3.8) is 0 Å². The molecule has 7 heteroatoms. The predicted octanol–water partition coefficient (Wildman–Crippen LogP) is 3.56. The second-order valence-electron chi connectivity index (χ2n) is 5.76. The summed E-state index contributed by atoms with van der Waals surface area (Å²) in [7, 11) is -3.73. The molecule has 1 amide bonds. The number of anilines is 1. The molecule has 0 aliphatic heterocycles. The number of sulfonamides is 1. The van der Waals surface area contributed by atoms with Gasteiger partial charge in [-0.3, -0.25) is 4.79 Å². The molecule has 5 nitrogen and oxygen atoms in total. The molecule has 0 saturated heterocycles. The average Bonchev–Trinajstić information content (AvgIpc) is 2.56. The number of benzene rings is 2. The Kier molecular flexibility index (Phi) is 6.59. The molecule has 2 aromatic rings. The highest BCUT2D eigenvalue weighted by molar-refractivity contribution is 14.1. The van der Waals surface area contributed by atoms with Crippen LogP contribution in [0.1, 0.15) is 18.1 Å². The van der Waals surface area contributed by atoms with Crippen LogP contribution in [0.25, 0.3) is 0 Å². The largest absolute Gasteiger partial charge is 0.325 e. The molecule has 0 spiro atoms.